The Kier molecular flexibility index (Phi) is 27.7. The van der Waals surface area contributed by atoms with E-state index in [4.69, 9.17) is 14.2 Å². The number of amides is 7. The van der Waals surface area contributed by atoms with Crippen molar-refractivity contribution in [3.05, 3.63) is 168 Å². The minimum atomic E-state index is -4.05. The van der Waals surface area contributed by atoms with Crippen LogP contribution in [0.1, 0.15) is 136 Å². The Balaban J connectivity index is 1.14. The fraction of sp³-hybridized carbons (Fsp3) is 0.427. The molecule has 7 aliphatic rings. The van der Waals surface area contributed by atoms with Crippen molar-refractivity contribution in [2.45, 2.75) is 148 Å². The molecular weight excluding hydrogens is 1280 g/mol. The number of hydrogen-bond acceptors (Lipinski definition) is 15. The van der Waals surface area contributed by atoms with E-state index < -0.39 is 45.1 Å². The van der Waals surface area contributed by atoms with Crippen LogP contribution in [0, 0.1) is 0 Å². The summed E-state index contributed by atoms with van der Waals surface area (Å²) >= 11 is 0. The first-order valence-electron chi connectivity index (χ1n) is 33.6. The number of carbonyl (C=O) groups is 7. The lowest BCUT2D eigenvalue weighted by Gasteiger charge is -2.26. The number of alkyl carbamates (subject to hydrolysis) is 3. The number of carbonyl (C=O) groups excluding carboxylic acids is 7. The predicted molar refractivity (Wildman–Crippen MR) is 387 cm³/mol. The third-order valence-corrected chi connectivity index (χ3v) is 17.0. The Morgan fingerprint density at radius 2 is 0.657 bits per heavy atom. The zero-order chi connectivity index (χ0) is 71.9. The Labute approximate surface area is 583 Å². The predicted octanol–water partition coefficient (Wildman–Crippen LogP) is 13.1. The van der Waals surface area contributed by atoms with Crippen LogP contribution in [0.15, 0.2) is 161 Å². The number of hydrogen-bond donors (Lipinski definition) is 4. The number of nitrogens with zero attached hydrogens (tertiary/aromatic N) is 7. The molecule has 6 aromatic carbocycles. The minimum Gasteiger partial charge on any atom is -0.444 e. The summed E-state index contributed by atoms with van der Waals surface area (Å²) in [7, 11) is -0.162. The van der Waals surface area contributed by atoms with E-state index in [1.165, 1.54) is 12.1 Å². The average Bonchev–Trinajstić information content (AvgIpc) is 0.865. The number of benzene rings is 6. The van der Waals surface area contributed by atoms with E-state index in [2.05, 4.69) is 30.9 Å². The molecule has 0 spiro atoms. The van der Waals surface area contributed by atoms with E-state index in [1.807, 2.05) is 140 Å². The second-order valence-corrected chi connectivity index (χ2v) is 29.2. The lowest BCUT2D eigenvalue weighted by atomic mass is 10.0. The second-order valence-electron chi connectivity index (χ2n) is 27.4. The normalized spacial score (nSPS) is 13.8. The van der Waals surface area contributed by atoms with Crippen LogP contribution in [-0.4, -0.2) is 134 Å². The summed E-state index contributed by atoms with van der Waals surface area (Å²) in [6.07, 6.45) is 0.764. The van der Waals surface area contributed by atoms with Crippen molar-refractivity contribution in [1.29, 1.82) is 0 Å². The molecule has 0 saturated carbocycles. The molecule has 0 unspecified atom stereocenters. The number of ether oxygens (including phenoxy) is 3. The van der Waals surface area contributed by atoms with Gasteiger partial charge in [-0.1, -0.05) is 48.5 Å². The second kappa shape index (κ2) is 35.7. The Hall–Kier alpha value is -9.68. The van der Waals surface area contributed by atoms with Crippen molar-refractivity contribution in [1.82, 2.24) is 20.7 Å². The van der Waals surface area contributed by atoms with Crippen molar-refractivity contribution < 1.29 is 56.2 Å². The van der Waals surface area contributed by atoms with Crippen molar-refractivity contribution in [2.75, 3.05) is 91.0 Å². The smallest absolute Gasteiger partial charge is 0.407 e. The van der Waals surface area contributed by atoms with Crippen molar-refractivity contribution in [3.63, 3.8) is 0 Å². The summed E-state index contributed by atoms with van der Waals surface area (Å²) < 4.78 is 46.1. The summed E-state index contributed by atoms with van der Waals surface area (Å²) in [6, 6.07) is 44.0. The number of anilines is 5. The third kappa shape index (κ3) is 25.9. The zero-order valence-electron chi connectivity index (χ0n) is 59.0. The summed E-state index contributed by atoms with van der Waals surface area (Å²) in [5, 5.41) is 16.6. The molecule has 23 nitrogen and oxygen atoms in total. The van der Waals surface area contributed by atoms with E-state index >= 15 is 0 Å². The lowest BCUT2D eigenvalue weighted by Crippen LogP contribution is -2.38. The molecule has 6 aromatic rings. The van der Waals surface area contributed by atoms with Gasteiger partial charge in [0.25, 0.3) is 0 Å². The maximum Gasteiger partial charge on any atom is 0.407 e. The quantitative estimate of drug-likeness (QED) is 0.0489. The van der Waals surface area contributed by atoms with Gasteiger partial charge >= 0.3 is 18.3 Å². The van der Waals surface area contributed by atoms with Gasteiger partial charge in [-0.05, 0) is 220 Å². The maximum absolute atomic E-state index is 14.5. The first-order valence-corrected chi connectivity index (χ1v) is 35.1. The van der Waals surface area contributed by atoms with Gasteiger partial charge in [0, 0.05) is 121 Å². The highest BCUT2D eigenvalue weighted by molar-refractivity contribution is 7.89. The van der Waals surface area contributed by atoms with Crippen LogP contribution in [0.2, 0.25) is 0 Å². The maximum atomic E-state index is 14.5. The van der Waals surface area contributed by atoms with Gasteiger partial charge in [-0.25, -0.2) is 27.5 Å². The number of sulfonamides is 1. The average molecular weight is 1380 g/mol. The minimum absolute atomic E-state index is 0.00564. The molecule has 8 bridgehead atoms. The van der Waals surface area contributed by atoms with Crippen LogP contribution >= 0.6 is 0 Å². The molecule has 7 heterocycles. The molecule has 99 heavy (non-hydrogen) atoms. The molecule has 7 amide bonds. The van der Waals surface area contributed by atoms with E-state index in [-0.39, 0.29) is 93.5 Å². The molecule has 0 radical (unpaired) electrons. The van der Waals surface area contributed by atoms with Crippen molar-refractivity contribution >= 4 is 91.7 Å². The molecule has 13 rings (SSSR count). The van der Waals surface area contributed by atoms with E-state index in [9.17, 15) is 42.0 Å². The van der Waals surface area contributed by atoms with E-state index in [1.54, 1.807) is 94.0 Å². The van der Waals surface area contributed by atoms with Crippen LogP contribution < -0.4 is 45.2 Å². The molecule has 0 aliphatic carbocycles. The Bertz CT molecular complexity index is 3810. The largest absolute Gasteiger partial charge is 0.444 e. The van der Waals surface area contributed by atoms with Gasteiger partial charge in [0.15, 0.2) is 0 Å². The molecule has 530 valence electrons. The van der Waals surface area contributed by atoms with Gasteiger partial charge in [-0.2, -0.15) is 10.2 Å². The topological polar surface area (TPSA) is 270 Å². The molecule has 4 N–H and O–H groups in total. The van der Waals surface area contributed by atoms with Gasteiger partial charge in [-0.15, -0.1) is 0 Å². The van der Waals surface area contributed by atoms with E-state index in [0.29, 0.717) is 85.7 Å². The number of azo groups is 1. The fourth-order valence-corrected chi connectivity index (χ4v) is 11.6. The molecule has 0 fully saturated rings. The molecule has 24 heteroatoms. The molecule has 0 atom stereocenters. The summed E-state index contributed by atoms with van der Waals surface area (Å²) in [6.45, 7) is 16.8. The first kappa shape index (κ1) is 76.7. The monoisotopic (exact) mass is 1380 g/mol. The van der Waals surface area contributed by atoms with Crippen LogP contribution in [0.4, 0.5) is 54.2 Å². The lowest BCUT2D eigenvalue weighted by molar-refractivity contribution is -0.119. The standard InChI is InChI=1S/C75H97N11O12S/c1-73(2,3)96-70(91)76-44-40-66(87)83-48-12-13-49-84(67(88)41-45-77-71(92)97-74(4,5)6)62-30-20-56(21-31-62)53-57-22-34-64(35-23-57)86(69(90)43-47-79-99(94,95)65-38-26-59(27-39-65)81-80-58-24-36-60(37-25-58)82(10)11)51-15-14-50-85(68(89)42-46-78-72(93)98-75(7,8)9)63-32-18-55(19-33-63)52-54-16-28-61(83)29-17-54/h16-39,79H,12-15,40-53H2,1-11H3,(H,76,91)(H,77,92)(H,78,93). The highest BCUT2D eigenvalue weighted by atomic mass is 32.2. The number of nitrogens with one attached hydrogen (secondary N) is 4. The summed E-state index contributed by atoms with van der Waals surface area (Å²) in [5.41, 5.74) is 6.18. The third-order valence-electron chi connectivity index (χ3n) is 15.5. The summed E-state index contributed by atoms with van der Waals surface area (Å²) in [5.74, 6) is -1.03. The van der Waals surface area contributed by atoms with Crippen LogP contribution in [0.25, 0.3) is 0 Å². The molecule has 0 saturated heterocycles. The van der Waals surface area contributed by atoms with Gasteiger partial charge in [0.05, 0.1) is 16.3 Å². The van der Waals surface area contributed by atoms with Gasteiger partial charge in [0.2, 0.25) is 33.7 Å². The highest BCUT2D eigenvalue weighted by Gasteiger charge is 2.25. The Morgan fingerprint density at radius 3 is 0.919 bits per heavy atom. The molecule has 0 aromatic heterocycles. The molecule has 7 aliphatic heterocycles. The van der Waals surface area contributed by atoms with Gasteiger partial charge in [0.1, 0.15) is 16.8 Å². The Morgan fingerprint density at radius 1 is 0.394 bits per heavy atom. The fourth-order valence-electron chi connectivity index (χ4n) is 10.6. The highest BCUT2D eigenvalue weighted by Crippen LogP contribution is 2.28. The first-order chi connectivity index (χ1) is 46.9. The van der Waals surface area contributed by atoms with Crippen LogP contribution in [-0.2, 0) is 56.3 Å². The van der Waals surface area contributed by atoms with Crippen molar-refractivity contribution in [2.24, 2.45) is 10.2 Å². The van der Waals surface area contributed by atoms with Crippen molar-refractivity contribution in [3.8, 4) is 0 Å². The molecular formula is C75H97N11O12S. The SMILES string of the molecule is CN(C)c1ccc(N=Nc2ccc(S(=O)(=O)NCCC(=O)N3CCCCN(C(=O)CCNC(=O)OC(C)(C)C)c4ccc(cc4)Cc4ccc(cc4)N(C(=O)CCNC(=O)OC(C)(C)C)CCCCN(C(=O)CCNC(=O)OC(C)(C)C)c4ccc(cc4)Cc4ccc3cc4)cc2)cc1. The number of rotatable bonds is 17. The zero-order valence-corrected chi connectivity index (χ0v) is 59.8. The van der Waals surface area contributed by atoms with Crippen LogP contribution in [0.5, 0.6) is 0 Å². The van der Waals surface area contributed by atoms with Crippen LogP contribution in [0.3, 0.4) is 0 Å². The van der Waals surface area contributed by atoms with E-state index in [0.717, 1.165) is 27.9 Å². The summed E-state index contributed by atoms with van der Waals surface area (Å²) in [4.78, 5) is 103. The van der Waals surface area contributed by atoms with Gasteiger partial charge in [-0.3, -0.25) is 19.2 Å². The van der Waals surface area contributed by atoms with Gasteiger partial charge < -0.3 is 54.7 Å².